The molecule has 0 atom stereocenters. The van der Waals surface area contributed by atoms with Crippen molar-refractivity contribution in [3.8, 4) is 0 Å². The molecule has 1 N–H and O–H groups in total. The molecule has 1 fully saturated rings. The molecular formula is C15H23FN2O. The van der Waals surface area contributed by atoms with Crippen LogP contribution in [0, 0.1) is 5.82 Å². The third kappa shape index (κ3) is 4.00. The lowest BCUT2D eigenvalue weighted by molar-refractivity contribution is -0.0884. The number of benzene rings is 1. The minimum atomic E-state index is -0.142. The first-order chi connectivity index (χ1) is 9.00. The molecule has 2 rings (SSSR count). The van der Waals surface area contributed by atoms with Crippen molar-refractivity contribution in [1.82, 2.24) is 10.2 Å². The maximum absolute atomic E-state index is 13.9. The summed E-state index contributed by atoms with van der Waals surface area (Å²) in [5.74, 6) is -0.121. The summed E-state index contributed by atoms with van der Waals surface area (Å²) in [6.07, 6.45) is 0. The quantitative estimate of drug-likeness (QED) is 0.904. The van der Waals surface area contributed by atoms with Crippen molar-refractivity contribution in [2.75, 3.05) is 26.7 Å². The summed E-state index contributed by atoms with van der Waals surface area (Å²) in [6, 6.07) is 5.35. The van der Waals surface area contributed by atoms with Crippen molar-refractivity contribution in [3.05, 3.63) is 35.1 Å². The number of halogens is 1. The molecule has 1 aromatic rings. The number of hydrogen-bond acceptors (Lipinski definition) is 3. The monoisotopic (exact) mass is 266 g/mol. The maximum Gasteiger partial charge on any atom is 0.127 e. The van der Waals surface area contributed by atoms with Crippen LogP contribution in [0.3, 0.4) is 0 Å². The van der Waals surface area contributed by atoms with E-state index in [1.165, 1.54) is 0 Å². The van der Waals surface area contributed by atoms with E-state index in [0.29, 0.717) is 13.2 Å². The fourth-order valence-corrected chi connectivity index (χ4v) is 2.55. The van der Waals surface area contributed by atoms with Gasteiger partial charge in [0.15, 0.2) is 0 Å². The Kier molecular flexibility index (Phi) is 4.55. The lowest BCUT2D eigenvalue weighted by atomic mass is 10.1. The van der Waals surface area contributed by atoms with Gasteiger partial charge in [0.2, 0.25) is 0 Å². The van der Waals surface area contributed by atoms with Crippen LogP contribution >= 0.6 is 0 Å². The first-order valence-corrected chi connectivity index (χ1v) is 6.78. The van der Waals surface area contributed by atoms with E-state index in [9.17, 15) is 4.39 Å². The van der Waals surface area contributed by atoms with E-state index in [2.05, 4.69) is 24.1 Å². The second kappa shape index (κ2) is 5.99. The summed E-state index contributed by atoms with van der Waals surface area (Å²) in [5, 5.41) is 3.09. The zero-order chi connectivity index (χ0) is 13.9. The number of nitrogens with zero attached hydrogens (tertiary/aromatic N) is 1. The minimum absolute atomic E-state index is 0.121. The Morgan fingerprint density at radius 3 is 2.89 bits per heavy atom. The van der Waals surface area contributed by atoms with Crippen LogP contribution in [0.1, 0.15) is 25.0 Å². The number of hydrogen-bond donors (Lipinski definition) is 1. The number of ether oxygens (including phenoxy) is 1. The third-order valence-electron chi connectivity index (χ3n) is 3.39. The van der Waals surface area contributed by atoms with Crippen LogP contribution in [0.15, 0.2) is 18.2 Å². The highest BCUT2D eigenvalue weighted by Gasteiger charge is 2.27. The van der Waals surface area contributed by atoms with Gasteiger partial charge in [-0.05, 0) is 32.5 Å². The molecule has 0 spiro atoms. The SMILES string of the molecule is CNCc1ccc(F)c(CN2CCOC(C)(C)C2)c1. The molecule has 0 aromatic heterocycles. The molecule has 4 heteroatoms. The number of morpholine rings is 1. The highest BCUT2D eigenvalue weighted by molar-refractivity contribution is 5.25. The van der Waals surface area contributed by atoms with Gasteiger partial charge in [0, 0.05) is 31.7 Å². The summed E-state index contributed by atoms with van der Waals surface area (Å²) in [7, 11) is 1.90. The molecule has 0 amide bonds. The lowest BCUT2D eigenvalue weighted by Crippen LogP contribution is -2.47. The molecule has 0 radical (unpaired) electrons. The maximum atomic E-state index is 13.9. The highest BCUT2D eigenvalue weighted by Crippen LogP contribution is 2.20. The molecule has 1 heterocycles. The largest absolute Gasteiger partial charge is 0.373 e. The average Bonchev–Trinajstić information content (AvgIpc) is 2.32. The number of nitrogens with one attached hydrogen (secondary N) is 1. The zero-order valence-corrected chi connectivity index (χ0v) is 12.0. The first-order valence-electron chi connectivity index (χ1n) is 6.78. The van der Waals surface area contributed by atoms with Gasteiger partial charge in [-0.25, -0.2) is 4.39 Å². The van der Waals surface area contributed by atoms with Crippen LogP contribution in [0.4, 0.5) is 4.39 Å². The summed E-state index contributed by atoms with van der Waals surface area (Å²) >= 11 is 0. The molecule has 1 aliphatic rings. The van der Waals surface area contributed by atoms with E-state index in [1.807, 2.05) is 19.2 Å². The molecule has 1 aliphatic heterocycles. The molecule has 0 aliphatic carbocycles. The van der Waals surface area contributed by atoms with Crippen molar-refractivity contribution >= 4 is 0 Å². The van der Waals surface area contributed by atoms with E-state index < -0.39 is 0 Å². The predicted molar refractivity (Wildman–Crippen MR) is 74.5 cm³/mol. The fourth-order valence-electron chi connectivity index (χ4n) is 2.55. The summed E-state index contributed by atoms with van der Waals surface area (Å²) in [6.45, 7) is 7.98. The van der Waals surface area contributed by atoms with Gasteiger partial charge < -0.3 is 10.1 Å². The molecule has 0 saturated carbocycles. The predicted octanol–water partition coefficient (Wildman–Crippen LogP) is 2.16. The summed E-state index contributed by atoms with van der Waals surface area (Å²) < 4.78 is 19.6. The van der Waals surface area contributed by atoms with Crippen LogP contribution in [0.5, 0.6) is 0 Å². The standard InChI is InChI=1S/C15H23FN2O/c1-15(2)11-18(6-7-19-15)10-13-8-12(9-17-3)4-5-14(13)16/h4-5,8,17H,6-7,9-11H2,1-3H3. The van der Waals surface area contributed by atoms with E-state index >= 15 is 0 Å². The smallest absolute Gasteiger partial charge is 0.127 e. The second-order valence-corrected chi connectivity index (χ2v) is 5.77. The Morgan fingerprint density at radius 1 is 1.42 bits per heavy atom. The Hall–Kier alpha value is -0.970. The average molecular weight is 266 g/mol. The van der Waals surface area contributed by atoms with Gasteiger partial charge in [-0.15, -0.1) is 0 Å². The van der Waals surface area contributed by atoms with Crippen LogP contribution in [0.2, 0.25) is 0 Å². The molecule has 106 valence electrons. The third-order valence-corrected chi connectivity index (χ3v) is 3.39. The van der Waals surface area contributed by atoms with E-state index in [1.54, 1.807) is 6.07 Å². The lowest BCUT2D eigenvalue weighted by Gasteiger charge is -2.38. The van der Waals surface area contributed by atoms with Crippen LogP contribution in [-0.4, -0.2) is 37.2 Å². The van der Waals surface area contributed by atoms with Crippen LogP contribution in [-0.2, 0) is 17.8 Å². The van der Waals surface area contributed by atoms with E-state index in [4.69, 9.17) is 4.74 Å². The van der Waals surface area contributed by atoms with Crippen molar-refractivity contribution < 1.29 is 9.13 Å². The Labute approximate surface area is 114 Å². The molecule has 1 aromatic carbocycles. The van der Waals surface area contributed by atoms with Gasteiger partial charge in [0.25, 0.3) is 0 Å². The van der Waals surface area contributed by atoms with Crippen molar-refractivity contribution in [3.63, 3.8) is 0 Å². The molecule has 0 bridgehead atoms. The Bertz CT molecular complexity index is 434. The van der Waals surface area contributed by atoms with Crippen molar-refractivity contribution in [1.29, 1.82) is 0 Å². The molecule has 3 nitrogen and oxygen atoms in total. The van der Waals surface area contributed by atoms with Gasteiger partial charge in [0.05, 0.1) is 12.2 Å². The van der Waals surface area contributed by atoms with Gasteiger partial charge in [-0.3, -0.25) is 4.90 Å². The molecule has 19 heavy (non-hydrogen) atoms. The molecule has 1 saturated heterocycles. The highest BCUT2D eigenvalue weighted by atomic mass is 19.1. The molecule has 0 unspecified atom stereocenters. The van der Waals surface area contributed by atoms with Crippen molar-refractivity contribution in [2.45, 2.75) is 32.5 Å². The Balaban J connectivity index is 2.07. The van der Waals surface area contributed by atoms with Gasteiger partial charge in [-0.2, -0.15) is 0 Å². The normalized spacial score (nSPS) is 19.6. The van der Waals surface area contributed by atoms with E-state index in [-0.39, 0.29) is 11.4 Å². The van der Waals surface area contributed by atoms with Gasteiger partial charge in [-0.1, -0.05) is 12.1 Å². The number of rotatable bonds is 4. The summed E-state index contributed by atoms with van der Waals surface area (Å²) in [5.41, 5.74) is 1.74. The van der Waals surface area contributed by atoms with Gasteiger partial charge >= 0.3 is 0 Å². The fraction of sp³-hybridized carbons (Fsp3) is 0.600. The minimum Gasteiger partial charge on any atom is -0.373 e. The Morgan fingerprint density at radius 2 is 2.21 bits per heavy atom. The van der Waals surface area contributed by atoms with Gasteiger partial charge in [0.1, 0.15) is 5.82 Å². The van der Waals surface area contributed by atoms with Crippen LogP contribution < -0.4 is 5.32 Å². The summed E-state index contributed by atoms with van der Waals surface area (Å²) in [4.78, 5) is 2.26. The van der Waals surface area contributed by atoms with Crippen molar-refractivity contribution in [2.24, 2.45) is 0 Å². The topological polar surface area (TPSA) is 24.5 Å². The van der Waals surface area contributed by atoms with Crippen LogP contribution in [0.25, 0.3) is 0 Å². The second-order valence-electron chi connectivity index (χ2n) is 5.77. The zero-order valence-electron chi connectivity index (χ0n) is 12.0. The first kappa shape index (κ1) is 14.4. The van der Waals surface area contributed by atoms with E-state index in [0.717, 1.165) is 30.8 Å². The molecular weight excluding hydrogens is 243 g/mol.